The van der Waals surface area contributed by atoms with E-state index in [1.54, 1.807) is 0 Å². The summed E-state index contributed by atoms with van der Waals surface area (Å²) in [4.78, 5) is 6.01. The molecular formula is C62H57NO. The first-order valence-corrected chi connectivity index (χ1v) is 23.8. The molecule has 6 unspecified atom stereocenters. The van der Waals surface area contributed by atoms with Crippen LogP contribution in [0.15, 0.2) is 193 Å². The van der Waals surface area contributed by atoms with Crippen molar-refractivity contribution in [3.05, 3.63) is 238 Å². The van der Waals surface area contributed by atoms with Crippen molar-refractivity contribution >= 4 is 16.9 Å². The van der Waals surface area contributed by atoms with Crippen LogP contribution in [0.5, 0.6) is 11.5 Å². The first-order valence-electron chi connectivity index (χ1n) is 23.8. The molecule has 0 fully saturated rings. The Morgan fingerprint density at radius 2 is 1.05 bits per heavy atom. The van der Waals surface area contributed by atoms with Crippen molar-refractivity contribution in [2.75, 3.05) is 0 Å². The van der Waals surface area contributed by atoms with Gasteiger partial charge in [0.1, 0.15) is 11.5 Å². The number of fused-ring (bicyclic) bond motifs is 9. The molecule has 0 saturated heterocycles. The molecule has 1 spiro atoms. The van der Waals surface area contributed by atoms with Crippen LogP contribution >= 0.6 is 0 Å². The molecule has 7 aromatic carbocycles. The monoisotopic (exact) mass is 831 g/mol. The Morgan fingerprint density at radius 1 is 0.500 bits per heavy atom. The minimum absolute atomic E-state index is 0.00374. The lowest BCUT2D eigenvalue weighted by molar-refractivity contribution is 0.362. The van der Waals surface area contributed by atoms with Crippen molar-refractivity contribution in [1.82, 2.24) is 0 Å². The molecule has 4 aliphatic rings. The zero-order valence-electron chi connectivity index (χ0n) is 37.5. The Hall–Kier alpha value is -6.51. The Bertz CT molecular complexity index is 2890. The van der Waals surface area contributed by atoms with E-state index in [0.717, 1.165) is 37.2 Å². The molecule has 7 aromatic rings. The molecule has 2 heterocycles. The highest BCUT2D eigenvalue weighted by molar-refractivity contribution is 6.03. The predicted molar refractivity (Wildman–Crippen MR) is 266 cm³/mol. The van der Waals surface area contributed by atoms with Gasteiger partial charge < -0.3 is 4.74 Å². The van der Waals surface area contributed by atoms with Crippen LogP contribution in [-0.2, 0) is 5.41 Å². The molecule has 0 bridgehead atoms. The fourth-order valence-corrected chi connectivity index (χ4v) is 12.3. The molecule has 6 atom stereocenters. The minimum atomic E-state index is -0.503. The molecule has 2 heteroatoms. The molecular weight excluding hydrogens is 775 g/mol. The second-order valence-electron chi connectivity index (χ2n) is 18.7. The highest BCUT2D eigenvalue weighted by Gasteiger charge is 2.51. The highest BCUT2D eigenvalue weighted by Crippen LogP contribution is 2.62. The summed E-state index contributed by atoms with van der Waals surface area (Å²) in [5.41, 5.74) is 17.9. The van der Waals surface area contributed by atoms with Crippen LogP contribution in [0, 0.1) is 23.7 Å². The number of benzene rings is 7. The number of ether oxygens (including phenoxy) is 1. The van der Waals surface area contributed by atoms with Gasteiger partial charge >= 0.3 is 0 Å². The standard InChI is InChI=1S/C62H57NO/c1-5-47-41(4)49(37-38-50(47)42-19-9-7-10-20-42)43-30-32-44(33-31-43)51-35-29-40(3)60(63-61(48(51)6-2)45-21-11-8-12-22-45)46-34-36-53-52-23-13-14-24-54(52)62(57(53)39-46)55-25-15-17-27-58(55)64-59-28-18-16-26-56(59)62/h7-28,30-34,36-41,47-48,51,60H,5-6,29,35H2,1-4H3. The Labute approximate surface area is 380 Å². The van der Waals surface area contributed by atoms with Gasteiger partial charge in [0.15, 0.2) is 0 Å². The van der Waals surface area contributed by atoms with E-state index in [0.29, 0.717) is 23.7 Å². The molecule has 316 valence electrons. The lowest BCUT2D eigenvalue weighted by Crippen LogP contribution is -2.32. The van der Waals surface area contributed by atoms with E-state index in [2.05, 4.69) is 216 Å². The normalized spacial score (nSPS) is 22.9. The van der Waals surface area contributed by atoms with Gasteiger partial charge in [-0.1, -0.05) is 204 Å². The summed E-state index contributed by atoms with van der Waals surface area (Å²) in [6, 6.07) is 65.4. The molecule has 11 rings (SSSR count). The van der Waals surface area contributed by atoms with Gasteiger partial charge in [-0.05, 0) is 123 Å². The third-order valence-corrected chi connectivity index (χ3v) is 15.5. The number of para-hydroxylation sites is 2. The van der Waals surface area contributed by atoms with Crippen molar-refractivity contribution in [2.45, 2.75) is 70.8 Å². The van der Waals surface area contributed by atoms with Gasteiger partial charge in [0, 0.05) is 22.8 Å². The van der Waals surface area contributed by atoms with Crippen molar-refractivity contribution in [2.24, 2.45) is 28.7 Å². The maximum absolute atomic E-state index is 6.66. The number of aliphatic imine (C=N–C) groups is 1. The molecule has 64 heavy (non-hydrogen) atoms. The average Bonchev–Trinajstić information content (AvgIpc) is 3.63. The third-order valence-electron chi connectivity index (χ3n) is 15.5. The quantitative estimate of drug-likeness (QED) is 0.157. The van der Waals surface area contributed by atoms with Crippen molar-refractivity contribution < 1.29 is 4.74 Å². The number of allylic oxidation sites excluding steroid dienone is 4. The molecule has 0 saturated carbocycles. The topological polar surface area (TPSA) is 21.6 Å². The van der Waals surface area contributed by atoms with Gasteiger partial charge in [0.2, 0.25) is 0 Å². The summed E-state index contributed by atoms with van der Waals surface area (Å²) >= 11 is 0. The van der Waals surface area contributed by atoms with Gasteiger partial charge in [0.25, 0.3) is 0 Å². The number of nitrogens with zero attached hydrogens (tertiary/aromatic N) is 1. The summed E-state index contributed by atoms with van der Waals surface area (Å²) in [7, 11) is 0. The molecule has 0 N–H and O–H groups in total. The van der Waals surface area contributed by atoms with Crippen molar-refractivity contribution in [3.63, 3.8) is 0 Å². The second kappa shape index (κ2) is 16.6. The van der Waals surface area contributed by atoms with E-state index in [4.69, 9.17) is 9.73 Å². The first kappa shape index (κ1) is 40.3. The molecule has 2 nitrogen and oxygen atoms in total. The first-order chi connectivity index (χ1) is 31.5. The zero-order chi connectivity index (χ0) is 43.4. The van der Waals surface area contributed by atoms with Gasteiger partial charge in [-0.2, -0.15) is 0 Å². The van der Waals surface area contributed by atoms with E-state index >= 15 is 0 Å². The fraction of sp³-hybridized carbons (Fsp3) is 0.242. The number of hydrogen-bond donors (Lipinski definition) is 0. The zero-order valence-corrected chi connectivity index (χ0v) is 37.5. The van der Waals surface area contributed by atoms with Gasteiger partial charge in [-0.3, -0.25) is 4.99 Å². The van der Waals surface area contributed by atoms with Crippen LogP contribution in [0.3, 0.4) is 0 Å². The van der Waals surface area contributed by atoms with Gasteiger partial charge in [-0.25, -0.2) is 0 Å². The van der Waals surface area contributed by atoms with E-state index in [9.17, 15) is 0 Å². The Balaban J connectivity index is 0.998. The molecule has 2 aliphatic carbocycles. The Morgan fingerprint density at radius 3 is 1.72 bits per heavy atom. The lowest BCUT2D eigenvalue weighted by atomic mass is 9.65. The Kier molecular flexibility index (Phi) is 10.4. The summed E-state index contributed by atoms with van der Waals surface area (Å²) in [5, 5.41) is 0. The van der Waals surface area contributed by atoms with Crippen LogP contribution in [0.4, 0.5) is 0 Å². The molecule has 2 aliphatic heterocycles. The highest BCUT2D eigenvalue weighted by atomic mass is 16.5. The maximum atomic E-state index is 6.66. The maximum Gasteiger partial charge on any atom is 0.132 e. The van der Waals surface area contributed by atoms with Crippen LogP contribution < -0.4 is 4.74 Å². The average molecular weight is 832 g/mol. The van der Waals surface area contributed by atoms with Crippen LogP contribution in [0.1, 0.15) is 115 Å². The summed E-state index contributed by atoms with van der Waals surface area (Å²) < 4.78 is 6.66. The second-order valence-corrected chi connectivity index (χ2v) is 18.7. The third kappa shape index (κ3) is 6.48. The van der Waals surface area contributed by atoms with Gasteiger partial charge in [-0.15, -0.1) is 0 Å². The van der Waals surface area contributed by atoms with E-state index in [1.165, 1.54) is 78.1 Å². The predicted octanol–water partition coefficient (Wildman–Crippen LogP) is 16.1. The smallest absolute Gasteiger partial charge is 0.132 e. The van der Waals surface area contributed by atoms with E-state index in [-0.39, 0.29) is 12.0 Å². The van der Waals surface area contributed by atoms with Gasteiger partial charge in [0.05, 0.1) is 11.5 Å². The van der Waals surface area contributed by atoms with E-state index in [1.807, 2.05) is 0 Å². The number of rotatable bonds is 7. The summed E-state index contributed by atoms with van der Waals surface area (Å²) in [6.45, 7) is 9.58. The van der Waals surface area contributed by atoms with Crippen molar-refractivity contribution in [1.29, 1.82) is 0 Å². The number of hydrogen-bond acceptors (Lipinski definition) is 2. The molecule has 0 aromatic heterocycles. The molecule has 0 radical (unpaired) electrons. The van der Waals surface area contributed by atoms with Crippen LogP contribution in [-0.4, -0.2) is 5.71 Å². The van der Waals surface area contributed by atoms with Crippen LogP contribution in [0.25, 0.3) is 22.3 Å². The lowest BCUT2D eigenvalue weighted by Gasteiger charge is -2.39. The van der Waals surface area contributed by atoms with Crippen molar-refractivity contribution in [3.8, 4) is 22.6 Å². The SMILES string of the molecule is CCC1C(c2ccccc2)=CC=C(c2ccc(C3CCC(C)C(c4ccc5c(c4)C4(c6ccccc6Oc6ccccc64)c4ccccc4-5)N=C(c4ccccc4)C3CC)cc2)C1C. The fourth-order valence-electron chi connectivity index (χ4n) is 12.3. The molecule has 0 amide bonds. The van der Waals surface area contributed by atoms with Crippen LogP contribution in [0.2, 0.25) is 0 Å². The van der Waals surface area contributed by atoms with E-state index < -0.39 is 5.41 Å². The minimum Gasteiger partial charge on any atom is -0.457 e. The summed E-state index contributed by atoms with van der Waals surface area (Å²) in [6.07, 6.45) is 9.12. The summed E-state index contributed by atoms with van der Waals surface area (Å²) in [5.74, 6) is 3.74. The largest absolute Gasteiger partial charge is 0.457 e.